The molecule has 0 aliphatic heterocycles. The first-order valence-corrected chi connectivity index (χ1v) is 6.82. The molecule has 0 spiro atoms. The summed E-state index contributed by atoms with van der Waals surface area (Å²) >= 11 is 0. The summed E-state index contributed by atoms with van der Waals surface area (Å²) in [5, 5.41) is 8.70. The summed E-state index contributed by atoms with van der Waals surface area (Å²) in [5.41, 5.74) is -2.10. The van der Waals surface area contributed by atoms with Crippen LogP contribution in [0.1, 0.15) is 15.9 Å². The number of ether oxygens (including phenoxy) is 1. The Bertz CT molecular complexity index is 908. The number of nitrogens with zero attached hydrogens (tertiary/aromatic N) is 1. The van der Waals surface area contributed by atoms with Gasteiger partial charge >= 0.3 is 12.1 Å². The Balaban J connectivity index is 2.18. The summed E-state index contributed by atoms with van der Waals surface area (Å²) in [7, 11) is 0. The average Bonchev–Trinajstić information content (AvgIpc) is 2.53. The van der Waals surface area contributed by atoms with Gasteiger partial charge in [-0.1, -0.05) is 18.2 Å². The molecular weight excluding hydrogens is 323 g/mol. The SMILES string of the molecule is O=C(O)c1cnc2ccc(Oc3ccccc3)cc2c1C(F)(F)F. The molecule has 3 rings (SSSR count). The van der Waals surface area contributed by atoms with Crippen molar-refractivity contribution in [1.82, 2.24) is 4.98 Å². The quantitative estimate of drug-likeness (QED) is 0.752. The summed E-state index contributed by atoms with van der Waals surface area (Å²) < 4.78 is 45.6. The van der Waals surface area contributed by atoms with Gasteiger partial charge in [0.05, 0.1) is 16.6 Å². The highest BCUT2D eigenvalue weighted by Crippen LogP contribution is 2.38. The van der Waals surface area contributed by atoms with Crippen molar-refractivity contribution in [2.45, 2.75) is 6.18 Å². The van der Waals surface area contributed by atoms with E-state index in [9.17, 15) is 18.0 Å². The van der Waals surface area contributed by atoms with E-state index in [-0.39, 0.29) is 16.7 Å². The number of carboxylic acids is 1. The number of alkyl halides is 3. The van der Waals surface area contributed by atoms with Gasteiger partial charge in [-0.3, -0.25) is 4.98 Å². The molecule has 0 amide bonds. The van der Waals surface area contributed by atoms with Crippen molar-refractivity contribution in [2.75, 3.05) is 0 Å². The summed E-state index contributed by atoms with van der Waals surface area (Å²) in [5.74, 6) is -1.08. The molecule has 0 saturated heterocycles. The summed E-state index contributed by atoms with van der Waals surface area (Å²) in [6.45, 7) is 0. The van der Waals surface area contributed by atoms with Crippen LogP contribution in [-0.2, 0) is 6.18 Å². The van der Waals surface area contributed by atoms with Gasteiger partial charge in [-0.15, -0.1) is 0 Å². The van der Waals surface area contributed by atoms with Crippen LogP contribution in [-0.4, -0.2) is 16.1 Å². The molecule has 122 valence electrons. The first-order valence-electron chi connectivity index (χ1n) is 6.82. The summed E-state index contributed by atoms with van der Waals surface area (Å²) in [6.07, 6.45) is -4.12. The van der Waals surface area contributed by atoms with Crippen LogP contribution >= 0.6 is 0 Å². The van der Waals surface area contributed by atoms with E-state index in [2.05, 4.69) is 4.98 Å². The molecule has 0 radical (unpaired) electrons. The van der Waals surface area contributed by atoms with E-state index in [4.69, 9.17) is 9.84 Å². The molecule has 0 aliphatic carbocycles. The number of pyridine rings is 1. The van der Waals surface area contributed by atoms with Gasteiger partial charge in [0.25, 0.3) is 0 Å². The summed E-state index contributed by atoms with van der Waals surface area (Å²) in [4.78, 5) is 14.9. The number of carboxylic acid groups (broad SMARTS) is 1. The number of benzene rings is 2. The Morgan fingerprint density at radius 3 is 2.38 bits per heavy atom. The van der Waals surface area contributed by atoms with E-state index in [0.717, 1.165) is 6.07 Å². The van der Waals surface area contributed by atoms with Gasteiger partial charge in [-0.2, -0.15) is 13.2 Å². The topological polar surface area (TPSA) is 59.4 Å². The number of hydrogen-bond acceptors (Lipinski definition) is 3. The van der Waals surface area contributed by atoms with Crippen LogP contribution in [0.4, 0.5) is 13.2 Å². The second kappa shape index (κ2) is 5.84. The van der Waals surface area contributed by atoms with E-state index in [1.807, 2.05) is 0 Å². The third kappa shape index (κ3) is 3.01. The molecule has 0 aliphatic rings. The van der Waals surface area contributed by atoms with Gasteiger partial charge in [0.15, 0.2) is 0 Å². The lowest BCUT2D eigenvalue weighted by atomic mass is 10.0. The highest BCUT2D eigenvalue weighted by molar-refractivity contribution is 5.96. The Kier molecular flexibility index (Phi) is 3.84. The predicted octanol–water partition coefficient (Wildman–Crippen LogP) is 4.74. The van der Waals surface area contributed by atoms with Crippen molar-refractivity contribution < 1.29 is 27.8 Å². The third-order valence-electron chi connectivity index (χ3n) is 3.33. The van der Waals surface area contributed by atoms with Crippen molar-refractivity contribution in [3.63, 3.8) is 0 Å². The molecule has 0 unspecified atom stereocenters. The van der Waals surface area contributed by atoms with Gasteiger partial charge in [0.2, 0.25) is 0 Å². The highest BCUT2D eigenvalue weighted by atomic mass is 19.4. The Hall–Kier alpha value is -3.09. The predicted molar refractivity (Wildman–Crippen MR) is 80.2 cm³/mol. The fraction of sp³-hybridized carbons (Fsp3) is 0.0588. The molecule has 1 heterocycles. The van der Waals surface area contributed by atoms with Gasteiger partial charge < -0.3 is 9.84 Å². The van der Waals surface area contributed by atoms with Crippen molar-refractivity contribution in [1.29, 1.82) is 0 Å². The lowest BCUT2D eigenvalue weighted by Crippen LogP contribution is -2.14. The van der Waals surface area contributed by atoms with Crippen molar-refractivity contribution >= 4 is 16.9 Å². The van der Waals surface area contributed by atoms with E-state index < -0.39 is 23.3 Å². The minimum absolute atomic E-state index is 0.0349. The molecule has 4 nitrogen and oxygen atoms in total. The van der Waals surface area contributed by atoms with Crippen molar-refractivity contribution in [3.8, 4) is 11.5 Å². The number of rotatable bonds is 3. The van der Waals surface area contributed by atoms with Crippen LogP contribution in [0.25, 0.3) is 10.9 Å². The molecule has 3 aromatic rings. The molecule has 7 heteroatoms. The maximum Gasteiger partial charge on any atom is 0.417 e. The van der Waals surface area contributed by atoms with Crippen LogP contribution < -0.4 is 4.74 Å². The van der Waals surface area contributed by atoms with Crippen LogP contribution in [0.3, 0.4) is 0 Å². The van der Waals surface area contributed by atoms with Crippen LogP contribution in [0.5, 0.6) is 11.5 Å². The molecule has 0 bridgehead atoms. The number of aromatic nitrogens is 1. The molecule has 1 aromatic heterocycles. The zero-order valence-electron chi connectivity index (χ0n) is 12.0. The molecule has 0 atom stereocenters. The van der Waals surface area contributed by atoms with Crippen molar-refractivity contribution in [2.24, 2.45) is 0 Å². The lowest BCUT2D eigenvalue weighted by Gasteiger charge is -2.14. The second-order valence-corrected chi connectivity index (χ2v) is 4.94. The Morgan fingerprint density at radius 2 is 1.75 bits per heavy atom. The zero-order chi connectivity index (χ0) is 17.3. The Morgan fingerprint density at radius 1 is 1.04 bits per heavy atom. The number of fused-ring (bicyclic) bond motifs is 1. The van der Waals surface area contributed by atoms with Crippen LogP contribution in [0, 0.1) is 0 Å². The van der Waals surface area contributed by atoms with Gasteiger partial charge in [0.1, 0.15) is 11.5 Å². The average molecular weight is 333 g/mol. The number of carbonyl (C=O) groups is 1. The maximum absolute atomic E-state index is 13.4. The van der Waals surface area contributed by atoms with Crippen LogP contribution in [0.2, 0.25) is 0 Å². The molecule has 0 saturated carbocycles. The molecule has 1 N–H and O–H groups in total. The molecule has 24 heavy (non-hydrogen) atoms. The maximum atomic E-state index is 13.4. The van der Waals surface area contributed by atoms with E-state index in [1.54, 1.807) is 30.3 Å². The second-order valence-electron chi connectivity index (χ2n) is 4.94. The molecule has 0 fully saturated rings. The highest BCUT2D eigenvalue weighted by Gasteiger charge is 2.37. The number of halogens is 3. The molecular formula is C17H10F3NO3. The fourth-order valence-corrected chi connectivity index (χ4v) is 2.33. The monoisotopic (exact) mass is 333 g/mol. The van der Waals surface area contributed by atoms with Crippen LogP contribution in [0.15, 0.2) is 54.7 Å². The first-order chi connectivity index (χ1) is 11.4. The molecule has 2 aromatic carbocycles. The zero-order valence-corrected chi connectivity index (χ0v) is 12.0. The van der Waals surface area contributed by atoms with Gasteiger partial charge in [-0.25, -0.2) is 4.79 Å². The largest absolute Gasteiger partial charge is 0.478 e. The van der Waals surface area contributed by atoms with E-state index in [0.29, 0.717) is 11.9 Å². The minimum atomic E-state index is -4.83. The lowest BCUT2D eigenvalue weighted by molar-refractivity contribution is -0.136. The standard InChI is InChI=1S/C17H10F3NO3/c18-17(19,20)15-12-8-11(24-10-4-2-1-3-5-10)6-7-14(12)21-9-13(15)16(22)23/h1-9H,(H,22,23). The first kappa shape index (κ1) is 15.8. The smallest absolute Gasteiger partial charge is 0.417 e. The number of para-hydroxylation sites is 1. The Labute approximate surface area is 134 Å². The van der Waals surface area contributed by atoms with E-state index in [1.165, 1.54) is 12.1 Å². The summed E-state index contributed by atoms with van der Waals surface area (Å²) in [6, 6.07) is 12.5. The normalized spacial score (nSPS) is 11.5. The number of aromatic carboxylic acids is 1. The minimum Gasteiger partial charge on any atom is -0.478 e. The van der Waals surface area contributed by atoms with Gasteiger partial charge in [0, 0.05) is 11.6 Å². The third-order valence-corrected chi connectivity index (χ3v) is 3.33. The van der Waals surface area contributed by atoms with E-state index >= 15 is 0 Å². The fourth-order valence-electron chi connectivity index (χ4n) is 2.33. The number of hydrogen-bond donors (Lipinski definition) is 1. The van der Waals surface area contributed by atoms with Crippen molar-refractivity contribution in [3.05, 3.63) is 65.9 Å². The van der Waals surface area contributed by atoms with Gasteiger partial charge in [-0.05, 0) is 30.3 Å².